The highest BCUT2D eigenvalue weighted by molar-refractivity contribution is 9.10. The molecule has 4 nitrogen and oxygen atoms in total. The smallest absolute Gasteiger partial charge is 0.356 e. The van der Waals surface area contributed by atoms with Crippen LogP contribution in [0.5, 0.6) is 0 Å². The van der Waals surface area contributed by atoms with Gasteiger partial charge in [-0.25, -0.2) is 9.78 Å². The van der Waals surface area contributed by atoms with Crippen LogP contribution < -0.4 is 0 Å². The molecule has 0 aliphatic carbocycles. The lowest BCUT2D eigenvalue weighted by Gasteiger charge is -1.98. The van der Waals surface area contributed by atoms with Gasteiger partial charge in [-0.15, -0.1) is 11.3 Å². The van der Waals surface area contributed by atoms with Crippen LogP contribution in [0.4, 0.5) is 0 Å². The number of rotatable bonds is 3. The zero-order chi connectivity index (χ0) is 10.8. The van der Waals surface area contributed by atoms with Crippen LogP contribution in [-0.4, -0.2) is 20.6 Å². The van der Waals surface area contributed by atoms with Gasteiger partial charge in [0.1, 0.15) is 0 Å². The fourth-order valence-electron chi connectivity index (χ4n) is 1.16. The predicted molar refractivity (Wildman–Crippen MR) is 60.3 cm³/mol. The molecule has 0 radical (unpaired) electrons. The summed E-state index contributed by atoms with van der Waals surface area (Å²) >= 11 is 5.04. The largest absolute Gasteiger partial charge is 0.476 e. The molecule has 0 atom stereocenters. The molecule has 0 aliphatic rings. The van der Waals surface area contributed by atoms with E-state index in [1.54, 1.807) is 15.9 Å². The minimum absolute atomic E-state index is 0.0719. The Kier molecular flexibility index (Phi) is 2.88. The number of hydrogen-bond donors (Lipinski definition) is 1. The average Bonchev–Trinajstić information content (AvgIpc) is 2.77. The Morgan fingerprint density at radius 3 is 3.00 bits per heavy atom. The Balaban J connectivity index is 2.18. The number of imidazole rings is 1. The number of aromatic nitrogens is 2. The molecule has 6 heteroatoms. The molecule has 2 heterocycles. The molecular formula is C9H7BrN2O2S. The number of carbonyl (C=O) groups is 1. The van der Waals surface area contributed by atoms with Crippen molar-refractivity contribution < 1.29 is 9.90 Å². The first-order valence-electron chi connectivity index (χ1n) is 4.14. The third kappa shape index (κ3) is 2.27. The van der Waals surface area contributed by atoms with Crippen LogP contribution in [-0.2, 0) is 6.54 Å². The summed E-state index contributed by atoms with van der Waals surface area (Å²) in [4.78, 5) is 15.5. The number of thiophene rings is 1. The highest BCUT2D eigenvalue weighted by Crippen LogP contribution is 2.23. The van der Waals surface area contributed by atoms with Crippen LogP contribution >= 0.6 is 27.3 Å². The SMILES string of the molecule is O=C(O)c1cn(Cc2sccc2Br)cn1. The third-order valence-corrected chi connectivity index (χ3v) is 3.78. The molecule has 0 bridgehead atoms. The second kappa shape index (κ2) is 4.16. The maximum absolute atomic E-state index is 10.6. The molecule has 1 N–H and O–H groups in total. The Labute approximate surface area is 98.3 Å². The summed E-state index contributed by atoms with van der Waals surface area (Å²) in [6, 6.07) is 1.97. The monoisotopic (exact) mass is 286 g/mol. The number of aromatic carboxylic acids is 1. The zero-order valence-corrected chi connectivity index (χ0v) is 9.96. The highest BCUT2D eigenvalue weighted by Gasteiger charge is 2.08. The minimum atomic E-state index is -1.00. The van der Waals surface area contributed by atoms with Gasteiger partial charge in [0.25, 0.3) is 0 Å². The lowest BCUT2D eigenvalue weighted by atomic mass is 10.4. The first-order chi connectivity index (χ1) is 7.16. The molecule has 15 heavy (non-hydrogen) atoms. The van der Waals surface area contributed by atoms with Crippen molar-refractivity contribution in [1.82, 2.24) is 9.55 Å². The molecule has 2 aromatic rings. The number of carboxylic acid groups (broad SMARTS) is 1. The van der Waals surface area contributed by atoms with Gasteiger partial charge in [-0.1, -0.05) is 0 Å². The van der Waals surface area contributed by atoms with Gasteiger partial charge < -0.3 is 9.67 Å². The maximum atomic E-state index is 10.6. The highest BCUT2D eigenvalue weighted by atomic mass is 79.9. The standard InChI is InChI=1S/C9H7BrN2O2S/c10-6-1-2-15-8(6)4-12-3-7(9(13)14)11-5-12/h1-3,5H,4H2,(H,13,14). The second-order valence-corrected chi connectivity index (χ2v) is 4.78. The van der Waals surface area contributed by atoms with E-state index in [9.17, 15) is 4.79 Å². The van der Waals surface area contributed by atoms with E-state index in [-0.39, 0.29) is 5.69 Å². The van der Waals surface area contributed by atoms with Crippen LogP contribution in [0.3, 0.4) is 0 Å². The quantitative estimate of drug-likeness (QED) is 0.943. The van der Waals surface area contributed by atoms with Crippen molar-refractivity contribution in [1.29, 1.82) is 0 Å². The molecular weight excluding hydrogens is 280 g/mol. The molecule has 0 aliphatic heterocycles. The van der Waals surface area contributed by atoms with E-state index in [2.05, 4.69) is 20.9 Å². The molecule has 0 saturated heterocycles. The number of halogens is 1. The average molecular weight is 287 g/mol. The van der Waals surface area contributed by atoms with Crippen LogP contribution in [0, 0.1) is 0 Å². The fraction of sp³-hybridized carbons (Fsp3) is 0.111. The molecule has 0 fully saturated rings. The number of carboxylic acids is 1. The number of hydrogen-bond acceptors (Lipinski definition) is 3. The Morgan fingerprint density at radius 2 is 2.47 bits per heavy atom. The molecule has 0 unspecified atom stereocenters. The van der Waals surface area contributed by atoms with Crippen molar-refractivity contribution in [2.75, 3.05) is 0 Å². The van der Waals surface area contributed by atoms with Gasteiger partial charge in [0, 0.05) is 15.5 Å². The van der Waals surface area contributed by atoms with E-state index in [1.807, 2.05) is 11.4 Å². The summed E-state index contributed by atoms with van der Waals surface area (Å²) in [6.07, 6.45) is 3.05. The Hall–Kier alpha value is -1.14. The van der Waals surface area contributed by atoms with Gasteiger partial charge in [0.2, 0.25) is 0 Å². The summed E-state index contributed by atoms with van der Waals surface area (Å²) in [5.41, 5.74) is 0.0719. The Morgan fingerprint density at radius 1 is 1.67 bits per heavy atom. The van der Waals surface area contributed by atoms with Crippen molar-refractivity contribution in [2.24, 2.45) is 0 Å². The molecule has 0 amide bonds. The summed E-state index contributed by atoms with van der Waals surface area (Å²) in [7, 11) is 0. The van der Waals surface area contributed by atoms with Gasteiger partial charge in [-0.2, -0.15) is 0 Å². The summed E-state index contributed by atoms with van der Waals surface area (Å²) in [6.45, 7) is 0.637. The molecule has 0 saturated carbocycles. The van der Waals surface area contributed by atoms with Gasteiger partial charge >= 0.3 is 5.97 Å². The first-order valence-corrected chi connectivity index (χ1v) is 5.81. The van der Waals surface area contributed by atoms with Crippen molar-refractivity contribution in [3.8, 4) is 0 Å². The molecule has 0 spiro atoms. The van der Waals surface area contributed by atoms with E-state index in [4.69, 9.17) is 5.11 Å². The maximum Gasteiger partial charge on any atom is 0.356 e. The van der Waals surface area contributed by atoms with Crippen molar-refractivity contribution in [3.05, 3.63) is 39.0 Å². The van der Waals surface area contributed by atoms with Crippen LogP contribution in [0.15, 0.2) is 28.4 Å². The van der Waals surface area contributed by atoms with Gasteiger partial charge in [-0.05, 0) is 27.4 Å². The van der Waals surface area contributed by atoms with E-state index in [0.717, 1.165) is 9.35 Å². The van der Waals surface area contributed by atoms with Crippen molar-refractivity contribution in [3.63, 3.8) is 0 Å². The molecule has 2 rings (SSSR count). The minimum Gasteiger partial charge on any atom is -0.476 e. The first kappa shape index (κ1) is 10.4. The van der Waals surface area contributed by atoms with Crippen LogP contribution in [0.25, 0.3) is 0 Å². The predicted octanol–water partition coefficient (Wildman–Crippen LogP) is 2.45. The van der Waals surface area contributed by atoms with Crippen molar-refractivity contribution in [2.45, 2.75) is 6.54 Å². The summed E-state index contributed by atoms with van der Waals surface area (Å²) in [5.74, 6) is -1.00. The van der Waals surface area contributed by atoms with Crippen molar-refractivity contribution >= 4 is 33.2 Å². The molecule has 78 valence electrons. The van der Waals surface area contributed by atoms with Gasteiger partial charge in [-0.3, -0.25) is 0 Å². The third-order valence-electron chi connectivity index (χ3n) is 1.87. The number of nitrogens with zero attached hydrogens (tertiary/aromatic N) is 2. The van der Waals surface area contributed by atoms with E-state index < -0.39 is 5.97 Å². The van der Waals surface area contributed by atoms with E-state index in [0.29, 0.717) is 6.54 Å². The zero-order valence-electron chi connectivity index (χ0n) is 7.55. The second-order valence-electron chi connectivity index (χ2n) is 2.93. The summed E-state index contributed by atoms with van der Waals surface area (Å²) in [5, 5.41) is 10.7. The van der Waals surface area contributed by atoms with Crippen LogP contribution in [0.2, 0.25) is 0 Å². The topological polar surface area (TPSA) is 55.1 Å². The lowest BCUT2D eigenvalue weighted by molar-refractivity contribution is 0.0691. The van der Waals surface area contributed by atoms with Gasteiger partial charge in [0.15, 0.2) is 5.69 Å². The lowest BCUT2D eigenvalue weighted by Crippen LogP contribution is -1.97. The van der Waals surface area contributed by atoms with Gasteiger partial charge in [0.05, 0.1) is 12.9 Å². The van der Waals surface area contributed by atoms with E-state index >= 15 is 0 Å². The Bertz CT molecular complexity index is 492. The fourth-order valence-corrected chi connectivity index (χ4v) is 2.65. The molecule has 0 aromatic carbocycles. The summed E-state index contributed by atoms with van der Waals surface area (Å²) < 4.78 is 2.79. The van der Waals surface area contributed by atoms with E-state index in [1.165, 1.54) is 12.5 Å². The van der Waals surface area contributed by atoms with Crippen LogP contribution in [0.1, 0.15) is 15.4 Å². The normalized spacial score (nSPS) is 10.5. The molecule has 2 aromatic heterocycles.